The number of aromatic nitrogens is 2. The molecular formula is C17H11Cl2FN4O. The van der Waals surface area contributed by atoms with E-state index in [4.69, 9.17) is 23.2 Å². The molecule has 0 aliphatic rings. The van der Waals surface area contributed by atoms with Gasteiger partial charge in [-0.15, -0.1) is 0 Å². The number of anilines is 3. The summed E-state index contributed by atoms with van der Waals surface area (Å²) >= 11 is 11.8. The van der Waals surface area contributed by atoms with Gasteiger partial charge in [-0.25, -0.2) is 14.4 Å². The van der Waals surface area contributed by atoms with Crippen LogP contribution >= 0.6 is 23.2 Å². The first-order chi connectivity index (χ1) is 12.0. The molecule has 2 N–H and O–H groups in total. The molecular weight excluding hydrogens is 366 g/mol. The van der Waals surface area contributed by atoms with E-state index < -0.39 is 11.7 Å². The summed E-state index contributed by atoms with van der Waals surface area (Å²) in [6, 6.07) is 12.0. The summed E-state index contributed by atoms with van der Waals surface area (Å²) in [4.78, 5) is 20.4. The molecule has 5 nitrogen and oxygen atoms in total. The van der Waals surface area contributed by atoms with E-state index in [9.17, 15) is 9.18 Å². The van der Waals surface area contributed by atoms with Crippen LogP contribution in [0.2, 0.25) is 10.0 Å². The molecule has 3 aromatic rings. The highest BCUT2D eigenvalue weighted by Gasteiger charge is 2.10. The molecule has 8 heteroatoms. The maximum absolute atomic E-state index is 13.2. The molecule has 0 saturated carbocycles. The van der Waals surface area contributed by atoms with E-state index in [0.717, 1.165) is 0 Å². The summed E-state index contributed by atoms with van der Waals surface area (Å²) in [5.41, 5.74) is 1.08. The summed E-state index contributed by atoms with van der Waals surface area (Å²) in [5.74, 6) is -0.710. The number of halogens is 3. The fraction of sp³-hybridized carbons (Fsp3) is 0. The summed E-state index contributed by atoms with van der Waals surface area (Å²) in [5, 5.41) is 6.31. The maximum atomic E-state index is 13.2. The fourth-order valence-corrected chi connectivity index (χ4v) is 2.31. The number of rotatable bonds is 4. The van der Waals surface area contributed by atoms with E-state index in [1.54, 1.807) is 24.3 Å². The molecule has 1 amide bonds. The average molecular weight is 377 g/mol. The van der Waals surface area contributed by atoms with Crippen LogP contribution in [0.4, 0.5) is 21.7 Å². The largest absolute Gasteiger partial charge is 0.324 e. The Morgan fingerprint density at radius 2 is 1.84 bits per heavy atom. The van der Waals surface area contributed by atoms with Crippen LogP contribution in [-0.2, 0) is 0 Å². The van der Waals surface area contributed by atoms with E-state index in [-0.39, 0.29) is 11.6 Å². The molecule has 0 aliphatic heterocycles. The first-order valence-corrected chi connectivity index (χ1v) is 7.89. The predicted molar refractivity (Wildman–Crippen MR) is 96.1 cm³/mol. The number of nitrogens with one attached hydrogen (secondary N) is 2. The van der Waals surface area contributed by atoms with Crippen molar-refractivity contribution in [3.05, 3.63) is 76.3 Å². The first-order valence-electron chi connectivity index (χ1n) is 7.13. The summed E-state index contributed by atoms with van der Waals surface area (Å²) in [6.45, 7) is 0. The van der Waals surface area contributed by atoms with Gasteiger partial charge in [-0.1, -0.05) is 29.3 Å². The normalized spacial score (nSPS) is 10.4. The van der Waals surface area contributed by atoms with Crippen LogP contribution in [0.15, 0.2) is 54.7 Å². The Morgan fingerprint density at radius 1 is 1.00 bits per heavy atom. The molecule has 1 aromatic heterocycles. The van der Waals surface area contributed by atoms with E-state index in [0.29, 0.717) is 21.4 Å². The molecule has 3 rings (SSSR count). The quantitative estimate of drug-likeness (QED) is 0.678. The van der Waals surface area contributed by atoms with E-state index >= 15 is 0 Å². The molecule has 0 unspecified atom stereocenters. The number of benzene rings is 2. The van der Waals surface area contributed by atoms with Gasteiger partial charge in [-0.2, -0.15) is 0 Å². The van der Waals surface area contributed by atoms with Gasteiger partial charge in [-0.05, 0) is 42.5 Å². The second-order valence-electron chi connectivity index (χ2n) is 4.98. The van der Waals surface area contributed by atoms with Crippen molar-refractivity contribution in [3.63, 3.8) is 0 Å². The molecule has 0 aliphatic carbocycles. The number of carbonyl (C=O) groups excluding carboxylic acids is 1. The summed E-state index contributed by atoms with van der Waals surface area (Å²) < 4.78 is 13.2. The van der Waals surface area contributed by atoms with Crippen molar-refractivity contribution in [2.75, 3.05) is 10.6 Å². The Hall–Kier alpha value is -2.70. The molecule has 126 valence electrons. The SMILES string of the molecule is O=C(Nc1cccc(F)c1)c1ccnc(Nc2ccc(Cl)c(Cl)c2)n1. The van der Waals surface area contributed by atoms with Gasteiger partial charge in [-0.3, -0.25) is 4.79 Å². The van der Waals surface area contributed by atoms with Crippen molar-refractivity contribution >= 4 is 46.4 Å². The zero-order valence-corrected chi connectivity index (χ0v) is 14.1. The first kappa shape index (κ1) is 17.1. The average Bonchev–Trinajstić information content (AvgIpc) is 2.58. The topological polar surface area (TPSA) is 66.9 Å². The third kappa shape index (κ3) is 4.43. The minimum atomic E-state index is -0.481. The Labute approximate surface area is 152 Å². The standard InChI is InChI=1S/C17H11Cl2FN4O/c18-13-5-4-12(9-14(13)19)23-17-21-7-6-15(24-17)16(25)22-11-3-1-2-10(20)8-11/h1-9H,(H,22,25)(H,21,23,24). The lowest BCUT2D eigenvalue weighted by atomic mass is 10.3. The molecule has 0 spiro atoms. The smallest absolute Gasteiger partial charge is 0.274 e. The second-order valence-corrected chi connectivity index (χ2v) is 5.80. The van der Waals surface area contributed by atoms with Gasteiger partial charge in [0.15, 0.2) is 0 Å². The highest BCUT2D eigenvalue weighted by atomic mass is 35.5. The van der Waals surface area contributed by atoms with Gasteiger partial charge in [0.05, 0.1) is 10.0 Å². The number of hydrogen-bond acceptors (Lipinski definition) is 4. The van der Waals surface area contributed by atoms with Crippen LogP contribution in [0.1, 0.15) is 10.5 Å². The minimum Gasteiger partial charge on any atom is -0.324 e. The van der Waals surface area contributed by atoms with Gasteiger partial charge in [0.25, 0.3) is 5.91 Å². The van der Waals surface area contributed by atoms with E-state index in [1.807, 2.05) is 0 Å². The molecule has 0 atom stereocenters. The minimum absolute atomic E-state index is 0.127. The molecule has 0 radical (unpaired) electrons. The van der Waals surface area contributed by atoms with Crippen molar-refractivity contribution in [3.8, 4) is 0 Å². The summed E-state index contributed by atoms with van der Waals surface area (Å²) in [6.07, 6.45) is 1.44. The lowest BCUT2D eigenvalue weighted by Crippen LogP contribution is -2.14. The highest BCUT2D eigenvalue weighted by molar-refractivity contribution is 6.42. The zero-order valence-electron chi connectivity index (χ0n) is 12.6. The molecule has 0 bridgehead atoms. The number of carbonyl (C=O) groups is 1. The lowest BCUT2D eigenvalue weighted by Gasteiger charge is -2.08. The zero-order chi connectivity index (χ0) is 17.8. The highest BCUT2D eigenvalue weighted by Crippen LogP contribution is 2.26. The molecule has 25 heavy (non-hydrogen) atoms. The molecule has 0 saturated heterocycles. The molecule has 1 heterocycles. The number of hydrogen-bond donors (Lipinski definition) is 2. The van der Waals surface area contributed by atoms with Crippen LogP contribution in [0.3, 0.4) is 0 Å². The molecule has 2 aromatic carbocycles. The van der Waals surface area contributed by atoms with Crippen molar-refractivity contribution in [2.24, 2.45) is 0 Å². The van der Waals surface area contributed by atoms with Gasteiger partial charge >= 0.3 is 0 Å². The van der Waals surface area contributed by atoms with Crippen LogP contribution < -0.4 is 10.6 Å². The van der Waals surface area contributed by atoms with E-state index in [1.165, 1.54) is 30.5 Å². The van der Waals surface area contributed by atoms with Gasteiger partial charge < -0.3 is 10.6 Å². The van der Waals surface area contributed by atoms with Gasteiger partial charge in [0.2, 0.25) is 5.95 Å². The second kappa shape index (κ2) is 7.46. The number of nitrogens with zero attached hydrogens (tertiary/aromatic N) is 2. The van der Waals surface area contributed by atoms with Crippen LogP contribution in [0, 0.1) is 5.82 Å². The monoisotopic (exact) mass is 376 g/mol. The predicted octanol–water partition coefficient (Wildman–Crippen LogP) is 4.92. The van der Waals surface area contributed by atoms with Crippen molar-refractivity contribution in [1.82, 2.24) is 9.97 Å². The van der Waals surface area contributed by atoms with Crippen LogP contribution in [0.25, 0.3) is 0 Å². The Morgan fingerprint density at radius 3 is 2.60 bits per heavy atom. The Kier molecular flexibility index (Phi) is 5.11. The maximum Gasteiger partial charge on any atom is 0.274 e. The van der Waals surface area contributed by atoms with Gasteiger partial charge in [0.1, 0.15) is 11.5 Å². The third-order valence-corrected chi connectivity index (χ3v) is 3.89. The van der Waals surface area contributed by atoms with Crippen molar-refractivity contribution < 1.29 is 9.18 Å². The lowest BCUT2D eigenvalue weighted by molar-refractivity contribution is 0.102. The van der Waals surface area contributed by atoms with Crippen LogP contribution in [-0.4, -0.2) is 15.9 Å². The Balaban J connectivity index is 1.76. The van der Waals surface area contributed by atoms with Crippen LogP contribution in [0.5, 0.6) is 0 Å². The fourth-order valence-electron chi connectivity index (χ4n) is 2.01. The number of amides is 1. The third-order valence-electron chi connectivity index (χ3n) is 3.15. The summed E-state index contributed by atoms with van der Waals surface area (Å²) in [7, 11) is 0. The van der Waals surface area contributed by atoms with E-state index in [2.05, 4.69) is 20.6 Å². The Bertz CT molecular complexity index is 936. The van der Waals surface area contributed by atoms with Crippen molar-refractivity contribution in [1.29, 1.82) is 0 Å². The molecule has 0 fully saturated rings. The van der Waals surface area contributed by atoms with Gasteiger partial charge in [0, 0.05) is 17.6 Å². The van der Waals surface area contributed by atoms with Crippen molar-refractivity contribution in [2.45, 2.75) is 0 Å².